The predicted molar refractivity (Wildman–Crippen MR) is 79.5 cm³/mol. The van der Waals surface area contributed by atoms with Gasteiger partial charge in [-0.2, -0.15) is 0 Å². The van der Waals surface area contributed by atoms with Crippen LogP contribution >= 0.6 is 0 Å². The minimum Gasteiger partial charge on any atom is -0.352 e. The van der Waals surface area contributed by atoms with E-state index in [4.69, 9.17) is 0 Å². The number of benzene rings is 1. The van der Waals surface area contributed by atoms with Crippen LogP contribution in [0, 0.1) is 12.8 Å². The number of hydrogen-bond acceptors (Lipinski definition) is 2. The molecule has 1 aromatic carbocycles. The van der Waals surface area contributed by atoms with Crippen molar-refractivity contribution in [1.29, 1.82) is 0 Å². The summed E-state index contributed by atoms with van der Waals surface area (Å²) in [5, 5.41) is 7.51. The highest BCUT2D eigenvalue weighted by atomic mass is 16.2. The van der Waals surface area contributed by atoms with E-state index < -0.39 is 0 Å². The average molecular weight is 270 g/mol. The molecule has 0 aliphatic heterocycles. The van der Waals surface area contributed by atoms with Crippen LogP contribution in [0.1, 0.15) is 18.4 Å². The number of anilines is 1. The monoisotopic (exact) mass is 270 g/mol. The van der Waals surface area contributed by atoms with Crippen LogP contribution in [0.25, 0.3) is 10.9 Å². The van der Waals surface area contributed by atoms with Crippen molar-refractivity contribution in [2.75, 3.05) is 18.4 Å². The van der Waals surface area contributed by atoms with Crippen molar-refractivity contribution >= 4 is 22.6 Å². The van der Waals surface area contributed by atoms with E-state index in [2.05, 4.69) is 40.7 Å². The molecule has 0 unspecified atom stereocenters. The number of fused-ring (bicyclic) bond motifs is 1. The molecule has 104 valence electrons. The summed E-state index contributed by atoms with van der Waals surface area (Å²) in [6.45, 7) is 3.47. The number of aromatic nitrogens is 1. The van der Waals surface area contributed by atoms with Crippen LogP contribution in [0.4, 0.5) is 5.82 Å². The fourth-order valence-corrected chi connectivity index (χ4v) is 2.32. The number of aromatic amines is 1. The lowest BCUT2D eigenvalue weighted by atomic mass is 10.1. The molecule has 0 saturated heterocycles. The molecular weight excluding hydrogens is 250 g/mol. The first-order valence-corrected chi connectivity index (χ1v) is 7.17. The van der Waals surface area contributed by atoms with Gasteiger partial charge in [-0.1, -0.05) is 18.2 Å². The topological polar surface area (TPSA) is 55.3 Å². The third-order valence-electron chi connectivity index (χ3n) is 3.66. The summed E-state index contributed by atoms with van der Waals surface area (Å²) in [6, 6.07) is 10.4. The van der Waals surface area contributed by atoms with Crippen molar-refractivity contribution in [3.8, 4) is 0 Å². The predicted octanol–water partition coefficient (Wildman–Crippen LogP) is 1.90. The smallest absolute Gasteiger partial charge is 0.275 e. The molecular formula is C16H20N3O+. The molecule has 0 radical (unpaired) electrons. The summed E-state index contributed by atoms with van der Waals surface area (Å²) in [6.07, 6.45) is 2.10. The van der Waals surface area contributed by atoms with Crippen LogP contribution in [0.2, 0.25) is 0 Å². The highest BCUT2D eigenvalue weighted by Crippen LogP contribution is 2.28. The third-order valence-corrected chi connectivity index (χ3v) is 3.66. The minimum atomic E-state index is 0.200. The quantitative estimate of drug-likeness (QED) is 0.815. The summed E-state index contributed by atoms with van der Waals surface area (Å²) >= 11 is 0. The number of carbonyl (C=O) groups excluding carboxylic acids is 1. The van der Waals surface area contributed by atoms with Gasteiger partial charge in [0.15, 0.2) is 0 Å². The number of pyridine rings is 1. The second kappa shape index (κ2) is 5.49. The van der Waals surface area contributed by atoms with Crippen LogP contribution in [0.5, 0.6) is 0 Å². The second-order valence-corrected chi connectivity index (χ2v) is 5.41. The number of amides is 1. The number of aryl methyl sites for hydroxylation is 1. The van der Waals surface area contributed by atoms with E-state index in [9.17, 15) is 4.79 Å². The van der Waals surface area contributed by atoms with Crippen LogP contribution < -0.4 is 15.6 Å². The van der Waals surface area contributed by atoms with Crippen LogP contribution in [-0.2, 0) is 4.79 Å². The van der Waals surface area contributed by atoms with Crippen molar-refractivity contribution in [2.45, 2.75) is 19.8 Å². The average Bonchev–Trinajstić information content (AvgIpc) is 3.28. The minimum absolute atomic E-state index is 0.200. The Morgan fingerprint density at radius 2 is 2.10 bits per heavy atom. The molecule has 0 bridgehead atoms. The molecule has 0 atom stereocenters. The maximum absolute atomic E-state index is 11.5. The highest BCUT2D eigenvalue weighted by Gasteiger charge is 2.29. The Morgan fingerprint density at radius 3 is 2.90 bits per heavy atom. The van der Waals surface area contributed by atoms with Gasteiger partial charge >= 0.3 is 0 Å². The van der Waals surface area contributed by atoms with Gasteiger partial charge in [-0.15, -0.1) is 0 Å². The Bertz CT molecular complexity index is 635. The zero-order valence-corrected chi connectivity index (χ0v) is 11.7. The van der Waals surface area contributed by atoms with E-state index in [0.29, 0.717) is 6.54 Å². The van der Waals surface area contributed by atoms with E-state index >= 15 is 0 Å². The van der Waals surface area contributed by atoms with Gasteiger partial charge in [0.1, 0.15) is 12.1 Å². The van der Waals surface area contributed by atoms with E-state index in [1.165, 1.54) is 10.9 Å². The normalized spacial score (nSPS) is 14.2. The maximum atomic E-state index is 11.5. The summed E-state index contributed by atoms with van der Waals surface area (Å²) in [4.78, 5) is 14.9. The Morgan fingerprint density at radius 1 is 1.30 bits per heavy atom. The summed E-state index contributed by atoms with van der Waals surface area (Å²) in [7, 11) is 0. The van der Waals surface area contributed by atoms with E-state index in [0.717, 1.165) is 30.7 Å². The number of hydrogen-bond donors (Lipinski definition) is 2. The summed E-state index contributed by atoms with van der Waals surface area (Å²) in [5.41, 5.74) is 2.29. The number of carbonyl (C=O) groups is 1. The van der Waals surface area contributed by atoms with Crippen molar-refractivity contribution in [1.82, 2.24) is 5.32 Å². The molecule has 1 saturated carbocycles. The molecule has 3 rings (SSSR count). The van der Waals surface area contributed by atoms with E-state index in [1.54, 1.807) is 0 Å². The van der Waals surface area contributed by atoms with Crippen molar-refractivity contribution in [3.63, 3.8) is 0 Å². The largest absolute Gasteiger partial charge is 0.352 e. The molecule has 1 heterocycles. The number of H-pyrrole nitrogens is 1. The van der Waals surface area contributed by atoms with Gasteiger partial charge < -0.3 is 5.32 Å². The first kappa shape index (κ1) is 12.9. The summed E-state index contributed by atoms with van der Waals surface area (Å²) < 4.78 is 0. The Labute approximate surface area is 118 Å². The maximum Gasteiger partial charge on any atom is 0.275 e. The second-order valence-electron chi connectivity index (χ2n) is 5.41. The van der Waals surface area contributed by atoms with Gasteiger partial charge in [-0.3, -0.25) is 10.1 Å². The Kier molecular flexibility index (Phi) is 3.54. The van der Waals surface area contributed by atoms with Crippen LogP contribution in [-0.4, -0.2) is 19.0 Å². The SMILES string of the molecule is Cc1cc2ccccc2[nH+]c1NCCNC(=O)C1CC1. The lowest BCUT2D eigenvalue weighted by Gasteiger charge is -2.05. The fourth-order valence-electron chi connectivity index (χ4n) is 2.32. The standard InChI is InChI=1S/C16H19N3O/c1-11-10-13-4-2-3-5-14(13)19-15(11)17-8-9-18-16(20)12-6-7-12/h2-5,10,12H,6-9H2,1H3,(H,17,19)(H,18,20)/p+1. The van der Waals surface area contributed by atoms with Gasteiger partial charge in [0.2, 0.25) is 5.91 Å². The molecule has 1 aromatic heterocycles. The lowest BCUT2D eigenvalue weighted by molar-refractivity contribution is -0.327. The highest BCUT2D eigenvalue weighted by molar-refractivity contribution is 5.80. The molecule has 3 N–H and O–H groups in total. The first-order chi connectivity index (χ1) is 9.74. The number of nitrogens with one attached hydrogen (secondary N) is 3. The van der Waals surface area contributed by atoms with E-state index in [1.807, 2.05) is 12.1 Å². The molecule has 4 heteroatoms. The van der Waals surface area contributed by atoms with Crippen LogP contribution in [0.3, 0.4) is 0 Å². The first-order valence-electron chi connectivity index (χ1n) is 7.17. The lowest BCUT2D eigenvalue weighted by Crippen LogP contribution is -2.31. The summed E-state index contributed by atoms with van der Waals surface area (Å²) in [5.74, 6) is 1.50. The molecule has 2 aromatic rings. The van der Waals surface area contributed by atoms with Crippen LogP contribution in [0.15, 0.2) is 30.3 Å². The van der Waals surface area contributed by atoms with Crippen molar-refractivity contribution < 1.29 is 9.78 Å². The molecule has 1 aliphatic carbocycles. The molecule has 1 aliphatic rings. The Balaban J connectivity index is 1.59. The van der Waals surface area contributed by atoms with Crippen molar-refractivity contribution in [2.24, 2.45) is 5.92 Å². The fraction of sp³-hybridized carbons (Fsp3) is 0.375. The van der Waals surface area contributed by atoms with Gasteiger partial charge in [0.05, 0.1) is 6.54 Å². The Hall–Kier alpha value is -2.10. The van der Waals surface area contributed by atoms with Gasteiger partial charge in [-0.05, 0) is 31.9 Å². The van der Waals surface area contributed by atoms with Crippen molar-refractivity contribution in [3.05, 3.63) is 35.9 Å². The van der Waals surface area contributed by atoms with Gasteiger partial charge in [0, 0.05) is 16.9 Å². The molecule has 1 fully saturated rings. The third kappa shape index (κ3) is 2.90. The number of rotatable bonds is 5. The zero-order chi connectivity index (χ0) is 13.9. The molecule has 4 nitrogen and oxygen atoms in total. The molecule has 0 spiro atoms. The van der Waals surface area contributed by atoms with E-state index in [-0.39, 0.29) is 11.8 Å². The molecule has 20 heavy (non-hydrogen) atoms. The van der Waals surface area contributed by atoms with Gasteiger partial charge in [-0.25, -0.2) is 4.98 Å². The molecule has 1 amide bonds. The zero-order valence-electron chi connectivity index (χ0n) is 11.7. The number of para-hydroxylation sites is 1. The van der Waals surface area contributed by atoms with Gasteiger partial charge in [0.25, 0.3) is 5.82 Å².